The Balaban J connectivity index is 1.94. The fourth-order valence-electron chi connectivity index (χ4n) is 3.63. The third-order valence-electron chi connectivity index (χ3n) is 4.60. The molecule has 1 aromatic carbocycles. The third-order valence-corrected chi connectivity index (χ3v) is 6.83. The van der Waals surface area contributed by atoms with E-state index in [4.69, 9.17) is 11.6 Å². The first kappa shape index (κ1) is 14.4. The van der Waals surface area contributed by atoms with Crippen LogP contribution in [0.3, 0.4) is 0 Å². The van der Waals surface area contributed by atoms with E-state index in [2.05, 4.69) is 0 Å². The summed E-state index contributed by atoms with van der Waals surface area (Å²) in [6.07, 6.45) is 5.51. The number of piperidine rings is 1. The summed E-state index contributed by atoms with van der Waals surface area (Å²) in [6, 6.07) is 7.25. The highest BCUT2D eigenvalue weighted by Crippen LogP contribution is 2.39. The smallest absolute Gasteiger partial charge is 0.207 e. The lowest BCUT2D eigenvalue weighted by atomic mass is 9.94. The van der Waals surface area contributed by atoms with Gasteiger partial charge in [0.25, 0.3) is 0 Å². The van der Waals surface area contributed by atoms with Gasteiger partial charge in [0, 0.05) is 18.5 Å². The summed E-state index contributed by atoms with van der Waals surface area (Å²) in [6.45, 7) is 0.661. The van der Waals surface area contributed by atoms with Crippen LogP contribution in [0.2, 0.25) is 0 Å². The minimum absolute atomic E-state index is 0.216. The van der Waals surface area contributed by atoms with Crippen LogP contribution < -0.4 is 0 Å². The predicted octanol–water partition coefficient (Wildman–Crippen LogP) is 3.38. The van der Waals surface area contributed by atoms with Crippen LogP contribution in [0.25, 0.3) is 0 Å². The molecule has 20 heavy (non-hydrogen) atoms. The molecule has 3 nitrogen and oxygen atoms in total. The number of hydrogen-bond acceptors (Lipinski definition) is 2. The van der Waals surface area contributed by atoms with E-state index in [9.17, 15) is 8.42 Å². The fraction of sp³-hybridized carbons (Fsp3) is 0.600. The Morgan fingerprint density at radius 2 is 2.00 bits per heavy atom. The van der Waals surface area contributed by atoms with Gasteiger partial charge in [-0.25, -0.2) is 8.42 Å². The second-order valence-electron chi connectivity index (χ2n) is 5.80. The van der Waals surface area contributed by atoms with Crippen molar-refractivity contribution >= 4 is 21.6 Å². The maximum Gasteiger partial charge on any atom is 0.243 e. The minimum Gasteiger partial charge on any atom is -0.207 e. The van der Waals surface area contributed by atoms with E-state index in [0.717, 1.165) is 24.8 Å². The van der Waals surface area contributed by atoms with Gasteiger partial charge < -0.3 is 0 Å². The molecule has 0 N–H and O–H groups in total. The summed E-state index contributed by atoms with van der Waals surface area (Å²) in [7, 11) is -3.37. The van der Waals surface area contributed by atoms with Crippen LogP contribution in [-0.4, -0.2) is 25.3 Å². The zero-order valence-corrected chi connectivity index (χ0v) is 13.0. The minimum atomic E-state index is -3.37. The molecule has 1 saturated heterocycles. The molecule has 0 radical (unpaired) electrons. The van der Waals surface area contributed by atoms with Gasteiger partial charge in [0.05, 0.1) is 4.90 Å². The van der Waals surface area contributed by atoms with Crippen molar-refractivity contribution < 1.29 is 8.42 Å². The molecule has 1 aliphatic carbocycles. The van der Waals surface area contributed by atoms with Crippen LogP contribution in [0.4, 0.5) is 0 Å². The van der Waals surface area contributed by atoms with Crippen molar-refractivity contribution in [1.29, 1.82) is 0 Å². The molecular weight excluding hydrogens is 294 g/mol. The van der Waals surface area contributed by atoms with Crippen molar-refractivity contribution in [3.63, 3.8) is 0 Å². The van der Waals surface area contributed by atoms with Crippen molar-refractivity contribution in [2.45, 2.75) is 48.9 Å². The molecule has 2 aliphatic rings. The second kappa shape index (κ2) is 5.66. The molecular formula is C15H20ClNO2S. The summed E-state index contributed by atoms with van der Waals surface area (Å²) in [5.74, 6) is 0.907. The Morgan fingerprint density at radius 3 is 2.80 bits per heavy atom. The van der Waals surface area contributed by atoms with Gasteiger partial charge in [0.1, 0.15) is 0 Å². The van der Waals surface area contributed by atoms with Crippen LogP contribution in [0.15, 0.2) is 29.2 Å². The highest BCUT2D eigenvalue weighted by atomic mass is 35.5. The first-order valence-electron chi connectivity index (χ1n) is 7.29. The number of nitrogens with zero attached hydrogens (tertiary/aromatic N) is 1. The van der Waals surface area contributed by atoms with Gasteiger partial charge in [-0.15, -0.1) is 11.6 Å². The summed E-state index contributed by atoms with van der Waals surface area (Å²) in [4.78, 5) is 0.392. The molecule has 5 heteroatoms. The van der Waals surface area contributed by atoms with Crippen molar-refractivity contribution in [3.8, 4) is 0 Å². The molecule has 0 bridgehead atoms. The SMILES string of the molecule is O=S(=O)(c1cccc(CCl)c1)N1CCCC2CCCC21. The molecule has 2 unspecified atom stereocenters. The number of hydrogen-bond donors (Lipinski definition) is 0. The highest BCUT2D eigenvalue weighted by molar-refractivity contribution is 7.89. The number of halogens is 1. The first-order chi connectivity index (χ1) is 9.63. The Labute approximate surface area is 126 Å². The maximum atomic E-state index is 12.9. The van der Waals surface area contributed by atoms with Gasteiger partial charge in [0.15, 0.2) is 0 Å². The normalized spacial score (nSPS) is 27.4. The first-order valence-corrected chi connectivity index (χ1v) is 9.27. The number of fused-ring (bicyclic) bond motifs is 1. The number of benzene rings is 1. The van der Waals surface area contributed by atoms with Crippen LogP contribution in [0, 0.1) is 5.92 Å². The average Bonchev–Trinajstić information content (AvgIpc) is 2.95. The molecule has 1 saturated carbocycles. The molecule has 3 rings (SSSR count). The Kier molecular flexibility index (Phi) is 4.07. The van der Waals surface area contributed by atoms with Crippen molar-refractivity contribution in [3.05, 3.63) is 29.8 Å². The highest BCUT2D eigenvalue weighted by Gasteiger charge is 2.41. The van der Waals surface area contributed by atoms with E-state index in [1.165, 1.54) is 12.8 Å². The van der Waals surface area contributed by atoms with Crippen molar-refractivity contribution in [1.82, 2.24) is 4.31 Å². The van der Waals surface area contributed by atoms with Gasteiger partial charge >= 0.3 is 0 Å². The van der Waals surface area contributed by atoms with Gasteiger partial charge in [0.2, 0.25) is 10.0 Å². The summed E-state index contributed by atoms with van der Waals surface area (Å²) in [5.41, 5.74) is 0.854. The molecule has 0 spiro atoms. The molecule has 110 valence electrons. The van der Waals surface area contributed by atoms with E-state index < -0.39 is 10.0 Å². The molecule has 1 heterocycles. The quantitative estimate of drug-likeness (QED) is 0.802. The van der Waals surface area contributed by atoms with Gasteiger partial charge in [-0.2, -0.15) is 4.31 Å². The number of rotatable bonds is 3. The van der Waals surface area contributed by atoms with Crippen LogP contribution in [-0.2, 0) is 15.9 Å². The van der Waals surface area contributed by atoms with Gasteiger partial charge in [-0.3, -0.25) is 0 Å². The van der Waals surface area contributed by atoms with Crippen LogP contribution >= 0.6 is 11.6 Å². The monoisotopic (exact) mass is 313 g/mol. The predicted molar refractivity (Wildman–Crippen MR) is 80.3 cm³/mol. The lowest BCUT2D eigenvalue weighted by Crippen LogP contribution is -2.46. The lowest BCUT2D eigenvalue weighted by molar-refractivity contribution is 0.202. The zero-order valence-electron chi connectivity index (χ0n) is 11.5. The van der Waals surface area contributed by atoms with E-state index in [1.807, 2.05) is 6.07 Å². The van der Waals surface area contributed by atoms with Crippen LogP contribution in [0.5, 0.6) is 0 Å². The zero-order chi connectivity index (χ0) is 14.2. The molecule has 0 amide bonds. The maximum absolute atomic E-state index is 12.9. The molecule has 1 aromatic rings. The van der Waals surface area contributed by atoms with Crippen molar-refractivity contribution in [2.24, 2.45) is 5.92 Å². The lowest BCUT2D eigenvalue weighted by Gasteiger charge is -2.36. The molecule has 1 aliphatic heterocycles. The van der Waals surface area contributed by atoms with Crippen LogP contribution in [0.1, 0.15) is 37.7 Å². The topological polar surface area (TPSA) is 37.4 Å². The number of alkyl halides is 1. The summed E-state index contributed by atoms with van der Waals surface area (Å²) >= 11 is 5.82. The Hall–Kier alpha value is -0.580. The Bertz CT molecular complexity index is 587. The van der Waals surface area contributed by atoms with E-state index in [1.54, 1.807) is 22.5 Å². The Morgan fingerprint density at radius 1 is 1.20 bits per heavy atom. The standard InChI is InChI=1S/C15H20ClNO2S/c16-11-12-4-1-7-14(10-12)20(18,19)17-9-3-6-13-5-2-8-15(13)17/h1,4,7,10,13,15H,2-3,5-6,8-9,11H2. The average molecular weight is 314 g/mol. The van der Waals surface area contributed by atoms with Crippen molar-refractivity contribution in [2.75, 3.05) is 6.54 Å². The van der Waals surface area contributed by atoms with Gasteiger partial charge in [-0.05, 0) is 49.3 Å². The third kappa shape index (κ3) is 2.49. The van der Waals surface area contributed by atoms with E-state index in [0.29, 0.717) is 23.2 Å². The number of sulfonamides is 1. The second-order valence-corrected chi connectivity index (χ2v) is 7.96. The fourth-order valence-corrected chi connectivity index (χ4v) is 5.62. The summed E-state index contributed by atoms with van der Waals surface area (Å²) < 4.78 is 27.5. The largest absolute Gasteiger partial charge is 0.243 e. The van der Waals surface area contributed by atoms with Gasteiger partial charge in [-0.1, -0.05) is 18.6 Å². The van der Waals surface area contributed by atoms with E-state index in [-0.39, 0.29) is 6.04 Å². The summed E-state index contributed by atoms with van der Waals surface area (Å²) in [5, 5.41) is 0. The molecule has 2 fully saturated rings. The molecule has 0 aromatic heterocycles. The van der Waals surface area contributed by atoms with E-state index >= 15 is 0 Å². The molecule has 2 atom stereocenters.